The smallest absolute Gasteiger partial charge is 0.406 e. The Morgan fingerprint density at radius 1 is 1.50 bits per heavy atom. The summed E-state index contributed by atoms with van der Waals surface area (Å²) in [5.41, 5.74) is 0.950. The second kappa shape index (κ2) is 7.26. The molecule has 0 saturated heterocycles. The molecule has 1 heterocycles. The molecule has 1 rings (SSSR count). The maximum atomic E-state index is 11.5. The van der Waals surface area contributed by atoms with Gasteiger partial charge in [-0.1, -0.05) is 6.07 Å². The summed E-state index contributed by atoms with van der Waals surface area (Å²) < 4.78 is 4.45. The normalized spacial score (nSPS) is 9.67. The van der Waals surface area contributed by atoms with Gasteiger partial charge in [-0.25, -0.2) is 4.79 Å². The van der Waals surface area contributed by atoms with Gasteiger partial charge in [0.25, 0.3) is 0 Å². The minimum Gasteiger partial charge on any atom is -0.453 e. The van der Waals surface area contributed by atoms with E-state index in [1.165, 1.54) is 14.0 Å². The summed E-state index contributed by atoms with van der Waals surface area (Å²) in [6.45, 7) is 2.76. The first kappa shape index (κ1) is 14.0. The molecule has 0 aromatic carbocycles. The predicted octanol–water partition coefficient (Wildman–Crippen LogP) is 0.786. The Bertz CT molecular complexity index is 395. The molecule has 0 spiro atoms. The lowest BCUT2D eigenvalue weighted by Gasteiger charge is -2.20. The molecule has 6 heteroatoms. The van der Waals surface area contributed by atoms with E-state index in [4.69, 9.17) is 0 Å². The third-order valence-electron chi connectivity index (χ3n) is 2.38. The SMILES string of the molecule is COC(=O)NCCN(Cc1cccnc1)C(C)=O. The van der Waals surface area contributed by atoms with E-state index in [-0.39, 0.29) is 5.91 Å². The molecular weight excluding hydrogens is 234 g/mol. The molecule has 0 radical (unpaired) electrons. The number of amides is 2. The minimum absolute atomic E-state index is 0.0504. The second-order valence-electron chi connectivity index (χ2n) is 3.72. The van der Waals surface area contributed by atoms with Crippen LogP contribution in [0.15, 0.2) is 24.5 Å². The molecule has 2 amide bonds. The highest BCUT2D eigenvalue weighted by atomic mass is 16.5. The van der Waals surface area contributed by atoms with Crippen LogP contribution in [0.5, 0.6) is 0 Å². The van der Waals surface area contributed by atoms with Gasteiger partial charge < -0.3 is 15.0 Å². The van der Waals surface area contributed by atoms with Gasteiger partial charge in [0.15, 0.2) is 0 Å². The van der Waals surface area contributed by atoms with Crippen molar-refractivity contribution < 1.29 is 14.3 Å². The van der Waals surface area contributed by atoms with Crippen LogP contribution in [0.2, 0.25) is 0 Å². The molecule has 1 aromatic rings. The fraction of sp³-hybridized carbons (Fsp3) is 0.417. The number of nitrogens with one attached hydrogen (secondary N) is 1. The fourth-order valence-electron chi connectivity index (χ4n) is 1.42. The number of alkyl carbamates (subject to hydrolysis) is 1. The highest BCUT2D eigenvalue weighted by molar-refractivity contribution is 5.73. The molecule has 98 valence electrons. The Morgan fingerprint density at radius 2 is 2.28 bits per heavy atom. The summed E-state index contributed by atoms with van der Waals surface area (Å²) >= 11 is 0. The lowest BCUT2D eigenvalue weighted by molar-refractivity contribution is -0.129. The average Bonchev–Trinajstić information content (AvgIpc) is 2.38. The van der Waals surface area contributed by atoms with E-state index in [2.05, 4.69) is 15.0 Å². The summed E-state index contributed by atoms with van der Waals surface area (Å²) in [6, 6.07) is 3.72. The zero-order valence-electron chi connectivity index (χ0n) is 10.5. The highest BCUT2D eigenvalue weighted by Crippen LogP contribution is 2.02. The van der Waals surface area contributed by atoms with E-state index in [1.54, 1.807) is 17.3 Å². The van der Waals surface area contributed by atoms with E-state index in [9.17, 15) is 9.59 Å². The molecule has 0 unspecified atom stereocenters. The monoisotopic (exact) mass is 251 g/mol. The first-order valence-corrected chi connectivity index (χ1v) is 5.59. The van der Waals surface area contributed by atoms with Gasteiger partial charge in [-0.15, -0.1) is 0 Å². The van der Waals surface area contributed by atoms with Crippen molar-refractivity contribution >= 4 is 12.0 Å². The number of pyridine rings is 1. The molecule has 1 aromatic heterocycles. The van der Waals surface area contributed by atoms with Crippen LogP contribution in [0.3, 0.4) is 0 Å². The third-order valence-corrected chi connectivity index (χ3v) is 2.38. The summed E-state index contributed by atoms with van der Waals surface area (Å²) in [6.07, 6.45) is 2.89. The molecule has 0 saturated carbocycles. The molecule has 18 heavy (non-hydrogen) atoms. The fourth-order valence-corrected chi connectivity index (χ4v) is 1.42. The average molecular weight is 251 g/mol. The van der Waals surface area contributed by atoms with Crippen LogP contribution in [0.4, 0.5) is 4.79 Å². The van der Waals surface area contributed by atoms with Gasteiger partial charge in [-0.05, 0) is 11.6 Å². The number of nitrogens with zero attached hydrogens (tertiary/aromatic N) is 2. The molecule has 0 aliphatic carbocycles. The lowest BCUT2D eigenvalue weighted by atomic mass is 10.2. The van der Waals surface area contributed by atoms with E-state index in [1.807, 2.05) is 12.1 Å². The quantitative estimate of drug-likeness (QED) is 0.839. The number of carbonyl (C=O) groups is 2. The van der Waals surface area contributed by atoms with Gasteiger partial charge in [0, 0.05) is 39.0 Å². The van der Waals surface area contributed by atoms with E-state index < -0.39 is 6.09 Å². The van der Waals surface area contributed by atoms with Crippen LogP contribution in [0, 0.1) is 0 Å². The molecular formula is C12H17N3O3. The third kappa shape index (κ3) is 4.82. The van der Waals surface area contributed by atoms with Crippen molar-refractivity contribution in [2.75, 3.05) is 20.2 Å². The summed E-state index contributed by atoms with van der Waals surface area (Å²) in [7, 11) is 1.30. The Hall–Kier alpha value is -2.11. The Balaban J connectivity index is 2.46. The van der Waals surface area contributed by atoms with Crippen molar-refractivity contribution in [1.29, 1.82) is 0 Å². The van der Waals surface area contributed by atoms with Crippen LogP contribution in [0.25, 0.3) is 0 Å². The largest absolute Gasteiger partial charge is 0.453 e. The summed E-state index contributed by atoms with van der Waals surface area (Å²) in [4.78, 5) is 28.0. The zero-order valence-corrected chi connectivity index (χ0v) is 10.5. The second-order valence-corrected chi connectivity index (χ2v) is 3.72. The molecule has 0 aliphatic rings. The molecule has 0 bridgehead atoms. The van der Waals surface area contributed by atoms with Crippen molar-refractivity contribution in [2.24, 2.45) is 0 Å². The van der Waals surface area contributed by atoms with Gasteiger partial charge in [0.05, 0.1) is 7.11 Å². The van der Waals surface area contributed by atoms with Gasteiger partial charge in [-0.2, -0.15) is 0 Å². The Kier molecular flexibility index (Phi) is 5.63. The molecule has 6 nitrogen and oxygen atoms in total. The van der Waals surface area contributed by atoms with Crippen LogP contribution >= 0.6 is 0 Å². The van der Waals surface area contributed by atoms with Crippen LogP contribution in [0.1, 0.15) is 12.5 Å². The number of rotatable bonds is 5. The van der Waals surface area contributed by atoms with Crippen LogP contribution in [-0.2, 0) is 16.1 Å². The van der Waals surface area contributed by atoms with E-state index in [0.29, 0.717) is 19.6 Å². The number of ether oxygens (including phenoxy) is 1. The summed E-state index contributed by atoms with van der Waals surface area (Å²) in [5.74, 6) is -0.0504. The van der Waals surface area contributed by atoms with Gasteiger partial charge in [0.1, 0.15) is 0 Å². The number of methoxy groups -OCH3 is 1. The molecule has 0 atom stereocenters. The predicted molar refractivity (Wildman–Crippen MR) is 65.7 cm³/mol. The molecule has 1 N–H and O–H groups in total. The number of hydrogen-bond acceptors (Lipinski definition) is 4. The standard InChI is InChI=1S/C12H17N3O3/c1-10(16)15(7-6-14-12(17)18-2)9-11-4-3-5-13-8-11/h3-5,8H,6-7,9H2,1-2H3,(H,14,17). The maximum Gasteiger partial charge on any atom is 0.406 e. The van der Waals surface area contributed by atoms with Gasteiger partial charge in [-0.3, -0.25) is 9.78 Å². The molecule has 0 aliphatic heterocycles. The minimum atomic E-state index is -0.500. The van der Waals surface area contributed by atoms with Crippen molar-refractivity contribution in [3.8, 4) is 0 Å². The summed E-state index contributed by atoms with van der Waals surface area (Å²) in [5, 5.41) is 2.53. The maximum absolute atomic E-state index is 11.5. The number of carbonyl (C=O) groups excluding carboxylic acids is 2. The first-order chi connectivity index (χ1) is 8.63. The van der Waals surface area contributed by atoms with Crippen molar-refractivity contribution in [1.82, 2.24) is 15.2 Å². The number of aromatic nitrogens is 1. The van der Waals surface area contributed by atoms with E-state index in [0.717, 1.165) is 5.56 Å². The molecule has 0 fully saturated rings. The zero-order chi connectivity index (χ0) is 13.4. The van der Waals surface area contributed by atoms with Crippen molar-refractivity contribution in [2.45, 2.75) is 13.5 Å². The topological polar surface area (TPSA) is 71.5 Å². The lowest BCUT2D eigenvalue weighted by Crippen LogP contribution is -2.37. The number of hydrogen-bond donors (Lipinski definition) is 1. The van der Waals surface area contributed by atoms with Crippen molar-refractivity contribution in [3.05, 3.63) is 30.1 Å². The Morgan fingerprint density at radius 3 is 2.83 bits per heavy atom. The first-order valence-electron chi connectivity index (χ1n) is 5.59. The van der Waals surface area contributed by atoms with Gasteiger partial charge >= 0.3 is 6.09 Å². The van der Waals surface area contributed by atoms with E-state index >= 15 is 0 Å². The Labute approximate surface area is 106 Å². The highest BCUT2D eigenvalue weighted by Gasteiger charge is 2.09. The van der Waals surface area contributed by atoms with Crippen molar-refractivity contribution in [3.63, 3.8) is 0 Å². The van der Waals surface area contributed by atoms with Crippen LogP contribution in [-0.4, -0.2) is 42.1 Å². The van der Waals surface area contributed by atoms with Gasteiger partial charge in [0.2, 0.25) is 5.91 Å². The van der Waals surface area contributed by atoms with Crippen LogP contribution < -0.4 is 5.32 Å².